The van der Waals surface area contributed by atoms with Crippen LogP contribution in [0.3, 0.4) is 0 Å². The number of hydrazone groups is 1. The van der Waals surface area contributed by atoms with Crippen LogP contribution in [0.15, 0.2) is 87.3 Å². The fourth-order valence-corrected chi connectivity index (χ4v) is 6.23. The van der Waals surface area contributed by atoms with Crippen LogP contribution < -0.4 is 9.73 Å². The molecule has 1 heterocycles. The Morgan fingerprint density at radius 2 is 1.67 bits per heavy atom. The van der Waals surface area contributed by atoms with Gasteiger partial charge in [0.1, 0.15) is 6.54 Å². The van der Waals surface area contributed by atoms with Gasteiger partial charge in [-0.3, -0.25) is 9.10 Å². The Hall–Kier alpha value is -3.11. The summed E-state index contributed by atoms with van der Waals surface area (Å²) in [5, 5.41) is 5.14. The van der Waals surface area contributed by atoms with Crippen LogP contribution in [0.1, 0.15) is 22.5 Å². The number of nitrogens with zero attached hydrogens (tertiary/aromatic N) is 3. The molecule has 0 fully saturated rings. The predicted octanol–water partition coefficient (Wildman–Crippen LogP) is 6.82. The Labute approximate surface area is 246 Å². The first-order valence-electron chi connectivity index (χ1n) is 11.8. The van der Waals surface area contributed by atoms with Crippen molar-refractivity contribution in [1.29, 1.82) is 0 Å². The highest BCUT2D eigenvalue weighted by molar-refractivity contribution is 9.10. The van der Waals surface area contributed by atoms with Crippen LogP contribution in [0.25, 0.3) is 5.69 Å². The lowest BCUT2D eigenvalue weighted by Crippen LogP contribution is -2.39. The molecule has 0 saturated heterocycles. The zero-order chi connectivity index (χ0) is 28.3. The van der Waals surface area contributed by atoms with Gasteiger partial charge in [-0.05, 0) is 81.4 Å². The van der Waals surface area contributed by atoms with Crippen molar-refractivity contribution in [2.75, 3.05) is 10.8 Å². The average molecular weight is 648 g/mol. The number of amides is 1. The third kappa shape index (κ3) is 6.55. The maximum Gasteiger partial charge on any atom is 0.264 e. The number of rotatable bonds is 8. The molecule has 11 heteroatoms. The Morgan fingerprint density at radius 3 is 2.31 bits per heavy atom. The molecule has 0 aliphatic rings. The van der Waals surface area contributed by atoms with Gasteiger partial charge < -0.3 is 4.57 Å². The molecule has 1 N–H and O–H groups in total. The van der Waals surface area contributed by atoms with E-state index in [1.807, 2.05) is 37.5 Å². The van der Waals surface area contributed by atoms with Gasteiger partial charge in [0.15, 0.2) is 0 Å². The molecule has 4 aromatic rings. The van der Waals surface area contributed by atoms with Crippen LogP contribution in [0.2, 0.25) is 10.0 Å². The number of hydrogen-bond acceptors (Lipinski definition) is 4. The molecule has 202 valence electrons. The minimum Gasteiger partial charge on any atom is -0.316 e. The maximum atomic E-state index is 13.5. The molecule has 0 aliphatic heterocycles. The van der Waals surface area contributed by atoms with Crippen LogP contribution in [0.4, 0.5) is 5.69 Å². The third-order valence-electron chi connectivity index (χ3n) is 6.02. The van der Waals surface area contributed by atoms with Crippen molar-refractivity contribution in [3.05, 3.63) is 110 Å². The minimum atomic E-state index is -4.02. The van der Waals surface area contributed by atoms with E-state index in [1.54, 1.807) is 48.5 Å². The first kappa shape index (κ1) is 28.9. The zero-order valence-electron chi connectivity index (χ0n) is 21.3. The monoisotopic (exact) mass is 646 g/mol. The summed E-state index contributed by atoms with van der Waals surface area (Å²) in [6.07, 6.45) is 1.51. The molecule has 0 bridgehead atoms. The fraction of sp³-hybridized carbons (Fsp3) is 0.143. The van der Waals surface area contributed by atoms with Crippen molar-refractivity contribution in [3.8, 4) is 5.69 Å². The lowest BCUT2D eigenvalue weighted by molar-refractivity contribution is -0.119. The quantitative estimate of drug-likeness (QED) is 0.168. The molecule has 1 aromatic heterocycles. The van der Waals surface area contributed by atoms with Crippen molar-refractivity contribution >= 4 is 67.0 Å². The number of hydrogen-bond donors (Lipinski definition) is 1. The van der Waals surface area contributed by atoms with E-state index >= 15 is 0 Å². The van der Waals surface area contributed by atoms with Crippen LogP contribution in [0, 0.1) is 20.8 Å². The summed E-state index contributed by atoms with van der Waals surface area (Å²) in [5.41, 5.74) is 7.02. The Morgan fingerprint density at radius 1 is 1.00 bits per heavy atom. The van der Waals surface area contributed by atoms with Gasteiger partial charge in [0.25, 0.3) is 15.9 Å². The van der Waals surface area contributed by atoms with Gasteiger partial charge in [0.05, 0.1) is 27.5 Å². The van der Waals surface area contributed by atoms with Gasteiger partial charge in [-0.1, -0.05) is 56.8 Å². The molecule has 0 atom stereocenters. The van der Waals surface area contributed by atoms with E-state index in [0.29, 0.717) is 15.7 Å². The topological polar surface area (TPSA) is 83.8 Å². The van der Waals surface area contributed by atoms with Gasteiger partial charge in [0.2, 0.25) is 0 Å². The first-order valence-corrected chi connectivity index (χ1v) is 14.8. The fourth-order valence-electron chi connectivity index (χ4n) is 4.05. The summed E-state index contributed by atoms with van der Waals surface area (Å²) in [7, 11) is -4.02. The van der Waals surface area contributed by atoms with Crippen molar-refractivity contribution in [2.45, 2.75) is 25.7 Å². The number of carbonyl (C=O) groups is 1. The molecule has 4 rings (SSSR count). The number of sulfonamides is 1. The van der Waals surface area contributed by atoms with E-state index in [9.17, 15) is 13.2 Å². The highest BCUT2D eigenvalue weighted by atomic mass is 79.9. The number of carbonyl (C=O) groups excluding carboxylic acids is 1. The second-order valence-electron chi connectivity index (χ2n) is 8.85. The summed E-state index contributed by atoms with van der Waals surface area (Å²) < 4.78 is 30.8. The molecular formula is C28H25BrCl2N4O3S. The number of halogens is 3. The van der Waals surface area contributed by atoms with Crippen molar-refractivity contribution in [3.63, 3.8) is 0 Å². The molecule has 1 amide bonds. The van der Waals surface area contributed by atoms with Crippen molar-refractivity contribution in [1.82, 2.24) is 9.99 Å². The third-order valence-corrected chi connectivity index (χ3v) is 8.88. The first-order chi connectivity index (χ1) is 18.5. The van der Waals surface area contributed by atoms with Crippen LogP contribution in [0.5, 0.6) is 0 Å². The summed E-state index contributed by atoms with van der Waals surface area (Å²) in [6, 6.07) is 20.3. The number of nitrogens with one attached hydrogen (secondary N) is 1. The molecule has 0 spiro atoms. The van der Waals surface area contributed by atoms with Gasteiger partial charge in [-0.2, -0.15) is 5.10 Å². The summed E-state index contributed by atoms with van der Waals surface area (Å²) in [4.78, 5) is 13.0. The number of anilines is 1. The molecule has 39 heavy (non-hydrogen) atoms. The SMILES string of the molecule is Cc1ccc(S(=O)(=O)N(CC(=O)N/N=C/c2cc(C)n(-c3ccc(Cl)cc3Cl)c2C)c2ccc(Br)cc2)cc1. The molecular weight excluding hydrogens is 623 g/mol. The average Bonchev–Trinajstić information content (AvgIpc) is 3.16. The van der Waals surface area contributed by atoms with Crippen molar-refractivity contribution in [2.24, 2.45) is 5.10 Å². The Balaban J connectivity index is 1.56. The van der Waals surface area contributed by atoms with E-state index in [1.165, 1.54) is 18.3 Å². The highest BCUT2D eigenvalue weighted by Gasteiger charge is 2.27. The molecule has 3 aromatic carbocycles. The molecule has 0 radical (unpaired) electrons. The van der Waals surface area contributed by atoms with E-state index in [4.69, 9.17) is 23.2 Å². The number of aromatic nitrogens is 1. The van der Waals surface area contributed by atoms with Crippen LogP contribution in [-0.4, -0.2) is 31.7 Å². The van der Waals surface area contributed by atoms with Gasteiger partial charge in [-0.15, -0.1) is 0 Å². The highest BCUT2D eigenvalue weighted by Crippen LogP contribution is 2.29. The van der Waals surface area contributed by atoms with Crippen LogP contribution in [-0.2, 0) is 14.8 Å². The standard InChI is InChI=1S/C28H25BrCl2N4O3S/c1-18-4-11-25(12-5-18)39(37,38)34(24-9-6-22(29)7-10-24)17-28(36)33-32-16-21-14-19(2)35(20(21)3)27-13-8-23(30)15-26(27)31/h4-16H,17H2,1-3H3,(H,33,36)/b32-16+. The predicted molar refractivity (Wildman–Crippen MR) is 161 cm³/mol. The maximum absolute atomic E-state index is 13.5. The van der Waals surface area contributed by atoms with Crippen molar-refractivity contribution < 1.29 is 13.2 Å². The summed E-state index contributed by atoms with van der Waals surface area (Å²) in [5.74, 6) is -0.598. The Kier molecular flexibility index (Phi) is 8.86. The molecule has 0 saturated carbocycles. The molecule has 0 aliphatic carbocycles. The summed E-state index contributed by atoms with van der Waals surface area (Å²) >= 11 is 15.8. The summed E-state index contributed by atoms with van der Waals surface area (Å²) in [6.45, 7) is 5.24. The van der Waals surface area contributed by atoms with E-state index in [2.05, 4.69) is 26.5 Å². The second kappa shape index (κ2) is 12.0. The smallest absolute Gasteiger partial charge is 0.264 e. The van der Waals surface area contributed by atoms with Gasteiger partial charge in [-0.25, -0.2) is 13.8 Å². The van der Waals surface area contributed by atoms with E-state index < -0.39 is 22.5 Å². The zero-order valence-corrected chi connectivity index (χ0v) is 25.2. The van der Waals surface area contributed by atoms with E-state index in [-0.39, 0.29) is 4.90 Å². The lowest BCUT2D eigenvalue weighted by atomic mass is 10.2. The Bertz CT molecular complexity index is 1650. The largest absolute Gasteiger partial charge is 0.316 e. The second-order valence-corrected chi connectivity index (χ2v) is 12.5. The number of aryl methyl sites for hydroxylation is 2. The molecule has 7 nitrogen and oxygen atoms in total. The van der Waals surface area contributed by atoms with E-state index in [0.717, 1.165) is 37.0 Å². The lowest BCUT2D eigenvalue weighted by Gasteiger charge is -2.23. The number of benzene rings is 3. The minimum absolute atomic E-state index is 0.0839. The van der Waals surface area contributed by atoms with Crippen LogP contribution >= 0.6 is 39.1 Å². The normalized spacial score (nSPS) is 11.6. The van der Waals surface area contributed by atoms with Gasteiger partial charge in [0, 0.05) is 26.4 Å². The van der Waals surface area contributed by atoms with Gasteiger partial charge >= 0.3 is 0 Å². The molecule has 0 unspecified atom stereocenters.